The van der Waals surface area contributed by atoms with E-state index in [9.17, 15) is 4.79 Å². The molecule has 0 saturated heterocycles. The zero-order valence-electron chi connectivity index (χ0n) is 6.03. The van der Waals surface area contributed by atoms with E-state index in [1.807, 2.05) is 0 Å². The van der Waals surface area contributed by atoms with Crippen LogP contribution in [0.15, 0.2) is 5.10 Å². The van der Waals surface area contributed by atoms with Crippen molar-refractivity contribution in [1.82, 2.24) is 5.01 Å². The molecule has 0 fully saturated rings. The van der Waals surface area contributed by atoms with Crippen LogP contribution in [0, 0.1) is 5.92 Å². The summed E-state index contributed by atoms with van der Waals surface area (Å²) in [6.07, 6.45) is 0. The number of hydrogen-bond donors (Lipinski definition) is 1. The quantitative estimate of drug-likeness (QED) is 0.561. The highest BCUT2D eigenvalue weighted by molar-refractivity contribution is 6.01. The van der Waals surface area contributed by atoms with E-state index >= 15 is 0 Å². The molecule has 1 N–H and O–H groups in total. The Labute approximate surface area is 59.1 Å². The molecular weight excluding hydrogens is 132 g/mol. The van der Waals surface area contributed by atoms with Gasteiger partial charge < -0.3 is 5.11 Å². The van der Waals surface area contributed by atoms with Crippen molar-refractivity contribution in [3.8, 4) is 0 Å². The van der Waals surface area contributed by atoms with Crippen LogP contribution < -0.4 is 0 Å². The minimum absolute atomic E-state index is 0.398. The summed E-state index contributed by atoms with van der Waals surface area (Å²) in [5.41, 5.74) is 0.690. The summed E-state index contributed by atoms with van der Waals surface area (Å²) < 4.78 is 0. The Balaban J connectivity index is 2.68. The van der Waals surface area contributed by atoms with Gasteiger partial charge in [0.05, 0.1) is 12.3 Å². The highest BCUT2D eigenvalue weighted by Gasteiger charge is 2.27. The molecular formula is C6H10N2O2. The first kappa shape index (κ1) is 7.05. The molecule has 4 heteroatoms. The van der Waals surface area contributed by atoms with Gasteiger partial charge in [0.1, 0.15) is 5.92 Å². The normalized spacial score (nSPS) is 24.8. The van der Waals surface area contributed by atoms with E-state index < -0.39 is 11.9 Å². The lowest BCUT2D eigenvalue weighted by atomic mass is 10.1. The van der Waals surface area contributed by atoms with Crippen LogP contribution in [-0.4, -0.2) is 35.4 Å². The fourth-order valence-corrected chi connectivity index (χ4v) is 1.03. The lowest BCUT2D eigenvalue weighted by Gasteiger charge is -2.05. The molecule has 10 heavy (non-hydrogen) atoms. The van der Waals surface area contributed by atoms with Crippen molar-refractivity contribution in [3.05, 3.63) is 0 Å². The molecule has 1 rings (SSSR count). The molecule has 1 atom stereocenters. The van der Waals surface area contributed by atoms with E-state index in [2.05, 4.69) is 5.10 Å². The van der Waals surface area contributed by atoms with E-state index in [-0.39, 0.29) is 0 Å². The smallest absolute Gasteiger partial charge is 0.314 e. The van der Waals surface area contributed by atoms with Crippen molar-refractivity contribution >= 4 is 11.7 Å². The Kier molecular flexibility index (Phi) is 1.61. The summed E-state index contributed by atoms with van der Waals surface area (Å²) in [5, 5.41) is 14.2. The first-order chi connectivity index (χ1) is 4.61. The number of rotatable bonds is 1. The Morgan fingerprint density at radius 2 is 2.50 bits per heavy atom. The number of nitrogens with zero attached hydrogens (tertiary/aromatic N) is 2. The maximum atomic E-state index is 10.5. The number of carboxylic acids is 1. The number of hydrogen-bond acceptors (Lipinski definition) is 3. The van der Waals surface area contributed by atoms with Crippen LogP contribution in [0.2, 0.25) is 0 Å². The maximum absolute atomic E-state index is 10.5. The summed E-state index contributed by atoms with van der Waals surface area (Å²) in [5.74, 6) is -1.18. The monoisotopic (exact) mass is 142 g/mol. The number of aliphatic carboxylic acids is 1. The third kappa shape index (κ3) is 1.10. The summed E-state index contributed by atoms with van der Waals surface area (Å²) in [6.45, 7) is 2.24. The highest BCUT2D eigenvalue weighted by atomic mass is 16.4. The predicted octanol–water partition coefficient (Wildman–Crippen LogP) is 0.00850. The molecule has 1 aliphatic rings. The zero-order chi connectivity index (χ0) is 7.72. The fourth-order valence-electron chi connectivity index (χ4n) is 1.03. The third-order valence-corrected chi connectivity index (χ3v) is 1.58. The van der Waals surface area contributed by atoms with Gasteiger partial charge in [0.2, 0.25) is 0 Å². The van der Waals surface area contributed by atoms with E-state index in [4.69, 9.17) is 5.11 Å². The van der Waals surface area contributed by atoms with E-state index in [1.54, 1.807) is 19.0 Å². The Hall–Kier alpha value is -1.06. The molecule has 0 amide bonds. The van der Waals surface area contributed by atoms with Gasteiger partial charge in [0.25, 0.3) is 0 Å². The van der Waals surface area contributed by atoms with Crippen LogP contribution in [-0.2, 0) is 4.79 Å². The van der Waals surface area contributed by atoms with E-state index in [0.29, 0.717) is 12.3 Å². The van der Waals surface area contributed by atoms with Gasteiger partial charge >= 0.3 is 5.97 Å². The lowest BCUT2D eigenvalue weighted by molar-refractivity contribution is -0.139. The summed E-state index contributed by atoms with van der Waals surface area (Å²) in [6, 6.07) is 0. The highest BCUT2D eigenvalue weighted by Crippen LogP contribution is 2.10. The van der Waals surface area contributed by atoms with Crippen molar-refractivity contribution in [1.29, 1.82) is 0 Å². The van der Waals surface area contributed by atoms with Gasteiger partial charge in [-0.1, -0.05) is 0 Å². The second-order valence-corrected chi connectivity index (χ2v) is 2.47. The summed E-state index contributed by atoms with van der Waals surface area (Å²) in [4.78, 5) is 10.5. The van der Waals surface area contributed by atoms with Crippen molar-refractivity contribution in [2.45, 2.75) is 6.92 Å². The molecule has 1 aliphatic heterocycles. The number of carboxylic acid groups (broad SMARTS) is 1. The van der Waals surface area contributed by atoms with Gasteiger partial charge in [-0.25, -0.2) is 0 Å². The van der Waals surface area contributed by atoms with Crippen LogP contribution in [0.3, 0.4) is 0 Å². The molecule has 0 radical (unpaired) electrons. The molecule has 0 saturated carbocycles. The van der Waals surface area contributed by atoms with Crippen molar-refractivity contribution in [3.63, 3.8) is 0 Å². The average molecular weight is 142 g/mol. The molecule has 0 aromatic heterocycles. The number of carbonyl (C=O) groups is 1. The van der Waals surface area contributed by atoms with Gasteiger partial charge in [0.15, 0.2) is 0 Å². The SMILES string of the molecule is CC1=NN(C)CC1C(=O)O. The maximum Gasteiger partial charge on any atom is 0.314 e. The molecule has 0 aromatic rings. The zero-order valence-corrected chi connectivity index (χ0v) is 6.03. The van der Waals surface area contributed by atoms with Crippen LogP contribution in [0.1, 0.15) is 6.92 Å². The van der Waals surface area contributed by atoms with Crippen LogP contribution in [0.25, 0.3) is 0 Å². The first-order valence-corrected chi connectivity index (χ1v) is 3.10. The second kappa shape index (κ2) is 2.28. The van der Waals surface area contributed by atoms with Gasteiger partial charge in [0, 0.05) is 7.05 Å². The van der Waals surface area contributed by atoms with E-state index in [0.717, 1.165) is 0 Å². The molecule has 56 valence electrons. The fraction of sp³-hybridized carbons (Fsp3) is 0.667. The van der Waals surface area contributed by atoms with Gasteiger partial charge in [-0.15, -0.1) is 0 Å². The van der Waals surface area contributed by atoms with Crippen molar-refractivity contribution in [2.75, 3.05) is 13.6 Å². The first-order valence-electron chi connectivity index (χ1n) is 3.10. The minimum Gasteiger partial charge on any atom is -0.481 e. The van der Waals surface area contributed by atoms with E-state index in [1.165, 1.54) is 0 Å². The van der Waals surface area contributed by atoms with Gasteiger partial charge in [-0.3, -0.25) is 9.80 Å². The van der Waals surface area contributed by atoms with Crippen LogP contribution >= 0.6 is 0 Å². The molecule has 1 heterocycles. The van der Waals surface area contributed by atoms with Gasteiger partial charge in [-0.05, 0) is 6.92 Å². The average Bonchev–Trinajstić information content (AvgIpc) is 2.10. The third-order valence-electron chi connectivity index (χ3n) is 1.58. The Morgan fingerprint density at radius 3 is 2.70 bits per heavy atom. The topological polar surface area (TPSA) is 52.9 Å². The second-order valence-electron chi connectivity index (χ2n) is 2.47. The standard InChI is InChI=1S/C6H10N2O2/c1-4-5(6(9)10)3-8(2)7-4/h5H,3H2,1-2H3,(H,9,10). The predicted molar refractivity (Wildman–Crippen MR) is 36.9 cm³/mol. The molecule has 0 aliphatic carbocycles. The minimum atomic E-state index is -0.786. The van der Waals surface area contributed by atoms with Crippen molar-refractivity contribution < 1.29 is 9.90 Å². The number of hydrazone groups is 1. The van der Waals surface area contributed by atoms with Crippen LogP contribution in [0.5, 0.6) is 0 Å². The molecule has 0 spiro atoms. The van der Waals surface area contributed by atoms with Crippen molar-refractivity contribution in [2.24, 2.45) is 11.0 Å². The molecule has 1 unspecified atom stereocenters. The largest absolute Gasteiger partial charge is 0.481 e. The molecule has 0 aromatic carbocycles. The van der Waals surface area contributed by atoms with Gasteiger partial charge in [-0.2, -0.15) is 5.10 Å². The molecule has 4 nitrogen and oxygen atoms in total. The van der Waals surface area contributed by atoms with Crippen LogP contribution in [0.4, 0.5) is 0 Å². The lowest BCUT2D eigenvalue weighted by Crippen LogP contribution is -2.24. The Bertz CT molecular complexity index is 188. The summed E-state index contributed by atoms with van der Waals surface area (Å²) >= 11 is 0. The molecule has 0 bridgehead atoms. The summed E-state index contributed by atoms with van der Waals surface area (Å²) in [7, 11) is 1.77. The Morgan fingerprint density at radius 1 is 1.90 bits per heavy atom.